The summed E-state index contributed by atoms with van der Waals surface area (Å²) in [5.74, 6) is -0.761. The zero-order chi connectivity index (χ0) is 13.9. The number of hydrogen-bond acceptors (Lipinski definition) is 2. The van der Waals surface area contributed by atoms with Gasteiger partial charge in [0, 0.05) is 24.8 Å². The van der Waals surface area contributed by atoms with Crippen molar-refractivity contribution in [2.45, 2.75) is 51.3 Å². The Balaban J connectivity index is 1.93. The first-order valence-corrected chi connectivity index (χ1v) is 6.84. The first kappa shape index (κ1) is 14.4. The van der Waals surface area contributed by atoms with E-state index in [-0.39, 0.29) is 11.4 Å². The fraction of sp³-hybridized carbons (Fsp3) is 0.600. The van der Waals surface area contributed by atoms with E-state index < -0.39 is 5.82 Å². The highest BCUT2D eigenvalue weighted by atomic mass is 19.1. The third kappa shape index (κ3) is 3.74. The SMILES string of the molecule is CCC1(C)CC(NCc2cc(F)ccc2F)CCO1. The Hall–Kier alpha value is -1.00. The Morgan fingerprint density at radius 2 is 2.21 bits per heavy atom. The second-order valence-electron chi connectivity index (χ2n) is 5.46. The average Bonchev–Trinajstić information content (AvgIpc) is 2.40. The van der Waals surface area contributed by atoms with Crippen LogP contribution in [0.25, 0.3) is 0 Å². The molecular weight excluding hydrogens is 248 g/mol. The molecule has 1 fully saturated rings. The third-order valence-corrected chi connectivity index (χ3v) is 3.93. The first-order chi connectivity index (χ1) is 9.02. The van der Waals surface area contributed by atoms with Crippen molar-refractivity contribution in [3.05, 3.63) is 35.4 Å². The number of nitrogens with one attached hydrogen (secondary N) is 1. The lowest BCUT2D eigenvalue weighted by Gasteiger charge is -2.38. The molecule has 1 N–H and O–H groups in total. The molecule has 1 aliphatic rings. The van der Waals surface area contributed by atoms with Crippen LogP contribution in [0.15, 0.2) is 18.2 Å². The molecule has 1 aliphatic heterocycles. The van der Waals surface area contributed by atoms with Gasteiger partial charge >= 0.3 is 0 Å². The lowest BCUT2D eigenvalue weighted by molar-refractivity contribution is -0.0781. The van der Waals surface area contributed by atoms with Gasteiger partial charge in [-0.15, -0.1) is 0 Å². The maximum atomic E-state index is 13.5. The smallest absolute Gasteiger partial charge is 0.127 e. The molecule has 19 heavy (non-hydrogen) atoms. The molecule has 4 heteroatoms. The number of ether oxygens (including phenoxy) is 1. The molecule has 1 saturated heterocycles. The van der Waals surface area contributed by atoms with E-state index in [4.69, 9.17) is 4.74 Å². The van der Waals surface area contributed by atoms with Crippen molar-refractivity contribution in [1.29, 1.82) is 0 Å². The summed E-state index contributed by atoms with van der Waals surface area (Å²) in [6.07, 6.45) is 2.77. The summed E-state index contributed by atoms with van der Waals surface area (Å²) in [5.41, 5.74) is 0.279. The van der Waals surface area contributed by atoms with Crippen LogP contribution < -0.4 is 5.32 Å². The van der Waals surface area contributed by atoms with E-state index in [2.05, 4.69) is 19.2 Å². The number of rotatable bonds is 4. The van der Waals surface area contributed by atoms with Crippen LogP contribution in [0.2, 0.25) is 0 Å². The van der Waals surface area contributed by atoms with Gasteiger partial charge < -0.3 is 10.1 Å². The van der Waals surface area contributed by atoms with Crippen molar-refractivity contribution in [3.8, 4) is 0 Å². The van der Waals surface area contributed by atoms with Crippen LogP contribution in [0.3, 0.4) is 0 Å². The molecular formula is C15H21F2NO. The zero-order valence-corrected chi connectivity index (χ0v) is 11.5. The Kier molecular flexibility index (Phi) is 4.53. The Morgan fingerprint density at radius 1 is 1.42 bits per heavy atom. The van der Waals surface area contributed by atoms with Gasteiger partial charge in [0.1, 0.15) is 11.6 Å². The van der Waals surface area contributed by atoms with Crippen LogP contribution in [0.5, 0.6) is 0 Å². The zero-order valence-electron chi connectivity index (χ0n) is 11.5. The summed E-state index contributed by atoms with van der Waals surface area (Å²) >= 11 is 0. The minimum atomic E-state index is -0.399. The number of hydrogen-bond donors (Lipinski definition) is 1. The van der Waals surface area contributed by atoms with E-state index in [1.54, 1.807) is 0 Å². The van der Waals surface area contributed by atoms with E-state index in [0.717, 1.165) is 25.3 Å². The van der Waals surface area contributed by atoms with Crippen LogP contribution in [-0.2, 0) is 11.3 Å². The van der Waals surface area contributed by atoms with Crippen LogP contribution in [0.1, 0.15) is 38.7 Å². The van der Waals surface area contributed by atoms with E-state index in [9.17, 15) is 8.78 Å². The van der Waals surface area contributed by atoms with Crippen LogP contribution in [-0.4, -0.2) is 18.2 Å². The lowest BCUT2D eigenvalue weighted by atomic mass is 9.90. The van der Waals surface area contributed by atoms with Crippen molar-refractivity contribution >= 4 is 0 Å². The molecule has 0 bridgehead atoms. The first-order valence-electron chi connectivity index (χ1n) is 6.84. The molecule has 0 aliphatic carbocycles. The highest BCUT2D eigenvalue weighted by Crippen LogP contribution is 2.27. The van der Waals surface area contributed by atoms with Gasteiger partial charge in [0.2, 0.25) is 0 Å². The number of benzene rings is 1. The van der Waals surface area contributed by atoms with Gasteiger partial charge in [-0.25, -0.2) is 8.78 Å². The quantitative estimate of drug-likeness (QED) is 0.904. The molecule has 0 spiro atoms. The maximum absolute atomic E-state index is 13.5. The minimum Gasteiger partial charge on any atom is -0.375 e. The monoisotopic (exact) mass is 269 g/mol. The van der Waals surface area contributed by atoms with E-state index in [1.807, 2.05) is 0 Å². The summed E-state index contributed by atoms with van der Waals surface area (Å²) in [6, 6.07) is 3.86. The van der Waals surface area contributed by atoms with Gasteiger partial charge in [-0.3, -0.25) is 0 Å². The van der Waals surface area contributed by atoms with Gasteiger partial charge in [0.15, 0.2) is 0 Å². The van der Waals surface area contributed by atoms with Crippen molar-refractivity contribution < 1.29 is 13.5 Å². The Bertz CT molecular complexity index is 438. The van der Waals surface area contributed by atoms with Crippen molar-refractivity contribution in [2.75, 3.05) is 6.61 Å². The normalized spacial score (nSPS) is 27.5. The van der Waals surface area contributed by atoms with Gasteiger partial charge in [0.05, 0.1) is 5.60 Å². The van der Waals surface area contributed by atoms with E-state index in [0.29, 0.717) is 24.8 Å². The standard InChI is InChI=1S/C15H21F2NO/c1-3-15(2)9-13(6-7-19-15)18-10-11-8-12(16)4-5-14(11)17/h4-5,8,13,18H,3,6-7,9-10H2,1-2H3. The predicted octanol–water partition coefficient (Wildman–Crippen LogP) is 3.40. The molecule has 0 saturated carbocycles. The fourth-order valence-electron chi connectivity index (χ4n) is 2.48. The average molecular weight is 269 g/mol. The summed E-state index contributed by atoms with van der Waals surface area (Å²) in [6.45, 7) is 5.28. The molecule has 0 aromatic heterocycles. The highest BCUT2D eigenvalue weighted by Gasteiger charge is 2.31. The highest BCUT2D eigenvalue weighted by molar-refractivity contribution is 5.18. The predicted molar refractivity (Wildman–Crippen MR) is 70.9 cm³/mol. The van der Waals surface area contributed by atoms with E-state index >= 15 is 0 Å². The molecule has 1 heterocycles. The van der Waals surface area contributed by atoms with Gasteiger partial charge in [-0.2, -0.15) is 0 Å². The molecule has 106 valence electrons. The second-order valence-corrected chi connectivity index (χ2v) is 5.46. The summed E-state index contributed by atoms with van der Waals surface area (Å²) in [4.78, 5) is 0. The topological polar surface area (TPSA) is 21.3 Å². The van der Waals surface area contributed by atoms with Gasteiger partial charge in [0.25, 0.3) is 0 Å². The molecule has 1 aromatic rings. The Morgan fingerprint density at radius 3 is 2.95 bits per heavy atom. The summed E-state index contributed by atoms with van der Waals surface area (Å²) in [5, 5.41) is 3.31. The van der Waals surface area contributed by atoms with Crippen molar-refractivity contribution in [1.82, 2.24) is 5.32 Å². The van der Waals surface area contributed by atoms with Gasteiger partial charge in [-0.05, 0) is 44.4 Å². The summed E-state index contributed by atoms with van der Waals surface area (Å²) in [7, 11) is 0. The van der Waals surface area contributed by atoms with Gasteiger partial charge in [-0.1, -0.05) is 6.92 Å². The van der Waals surface area contributed by atoms with Crippen molar-refractivity contribution in [2.24, 2.45) is 0 Å². The molecule has 2 rings (SSSR count). The largest absolute Gasteiger partial charge is 0.375 e. The number of halogens is 2. The minimum absolute atomic E-state index is 0.101. The van der Waals surface area contributed by atoms with Crippen molar-refractivity contribution in [3.63, 3.8) is 0 Å². The molecule has 0 radical (unpaired) electrons. The second kappa shape index (κ2) is 5.97. The summed E-state index contributed by atoms with van der Waals surface area (Å²) < 4.78 is 32.4. The third-order valence-electron chi connectivity index (χ3n) is 3.93. The molecule has 2 nitrogen and oxygen atoms in total. The molecule has 0 amide bonds. The molecule has 2 atom stereocenters. The molecule has 1 aromatic carbocycles. The van der Waals surface area contributed by atoms with Crippen LogP contribution >= 0.6 is 0 Å². The van der Waals surface area contributed by atoms with Crippen LogP contribution in [0.4, 0.5) is 8.78 Å². The van der Waals surface area contributed by atoms with Crippen LogP contribution in [0, 0.1) is 11.6 Å². The lowest BCUT2D eigenvalue weighted by Crippen LogP contribution is -2.44. The van der Waals surface area contributed by atoms with E-state index in [1.165, 1.54) is 12.1 Å². The Labute approximate surface area is 113 Å². The fourth-order valence-corrected chi connectivity index (χ4v) is 2.48. The maximum Gasteiger partial charge on any atom is 0.127 e. The molecule has 2 unspecified atom stereocenters.